The van der Waals surface area contributed by atoms with Gasteiger partial charge in [-0.1, -0.05) is 34.6 Å². The van der Waals surface area contributed by atoms with Crippen molar-refractivity contribution in [3.8, 4) is 0 Å². The molecule has 4 aliphatic rings. The molecule has 8 atom stereocenters. The zero-order chi connectivity index (χ0) is 21.7. The van der Waals surface area contributed by atoms with Crippen molar-refractivity contribution < 1.29 is 9.53 Å². The molecule has 0 aliphatic heterocycles. The van der Waals surface area contributed by atoms with Crippen molar-refractivity contribution in [1.29, 1.82) is 0 Å². The number of hydrogen-bond acceptors (Lipinski definition) is 2. The Hall–Kier alpha value is -0.283. The average molecular weight is 433 g/mol. The van der Waals surface area contributed by atoms with Gasteiger partial charge in [0.2, 0.25) is 8.32 Å². The molecule has 4 rings (SSSR count). The van der Waals surface area contributed by atoms with Gasteiger partial charge < -0.3 is 9.53 Å². The van der Waals surface area contributed by atoms with Gasteiger partial charge in [0.15, 0.2) is 0 Å². The highest BCUT2D eigenvalue weighted by Crippen LogP contribution is 2.67. The molecule has 4 aliphatic carbocycles. The van der Waals surface area contributed by atoms with Crippen LogP contribution >= 0.6 is 0 Å². The second kappa shape index (κ2) is 8.25. The number of aliphatic hydroxyl groups is 1. The minimum atomic E-state index is -1.56. The van der Waals surface area contributed by atoms with Crippen LogP contribution in [0.1, 0.15) is 92.9 Å². The van der Waals surface area contributed by atoms with Crippen molar-refractivity contribution in [2.75, 3.05) is 0 Å². The summed E-state index contributed by atoms with van der Waals surface area (Å²) >= 11 is 0. The molecule has 0 aromatic heterocycles. The molecule has 30 heavy (non-hydrogen) atoms. The maximum Gasteiger partial charge on any atom is 0.250 e. The fourth-order valence-electron chi connectivity index (χ4n) is 8.99. The summed E-state index contributed by atoms with van der Waals surface area (Å²) in [6.07, 6.45) is 13.1. The van der Waals surface area contributed by atoms with E-state index in [0.717, 1.165) is 23.7 Å². The molecular weight excluding hydrogens is 384 g/mol. The van der Waals surface area contributed by atoms with Gasteiger partial charge in [0.1, 0.15) is 0 Å². The standard InChI is InChI=1S/C27H48O2Si/c1-7-30(8-2,9-3)29-21-14-16-26(5)20(18-21)10-11-22-24-13-12-23(19(4)28)27(24,6)17-15-25(22)26/h18-20,22-25,28H,7-17H2,1-6H3/t19?,20?,22?,23-,24?,25?,26+,27-/m0/s1. The van der Waals surface area contributed by atoms with Gasteiger partial charge in [-0.15, -0.1) is 0 Å². The largest absolute Gasteiger partial charge is 0.547 e. The highest BCUT2D eigenvalue weighted by molar-refractivity contribution is 6.73. The Labute approximate surface area is 187 Å². The van der Waals surface area contributed by atoms with Gasteiger partial charge in [0.05, 0.1) is 11.9 Å². The number of fused-ring (bicyclic) bond motifs is 5. The molecule has 0 aromatic carbocycles. The van der Waals surface area contributed by atoms with Crippen LogP contribution < -0.4 is 0 Å². The number of allylic oxidation sites excluding steroid dienone is 2. The van der Waals surface area contributed by atoms with E-state index in [0.29, 0.717) is 16.7 Å². The Bertz CT molecular complexity index is 645. The Kier molecular flexibility index (Phi) is 6.29. The molecule has 1 N–H and O–H groups in total. The van der Waals surface area contributed by atoms with Gasteiger partial charge in [0, 0.05) is 6.42 Å². The van der Waals surface area contributed by atoms with Gasteiger partial charge in [-0.05, 0) is 116 Å². The topological polar surface area (TPSA) is 29.5 Å². The average Bonchev–Trinajstić information content (AvgIpc) is 3.10. The molecule has 0 bridgehead atoms. The summed E-state index contributed by atoms with van der Waals surface area (Å²) in [4.78, 5) is 0. The van der Waals surface area contributed by atoms with Gasteiger partial charge in [-0.25, -0.2) is 0 Å². The molecule has 2 nitrogen and oxygen atoms in total. The van der Waals surface area contributed by atoms with Crippen LogP contribution in [0.3, 0.4) is 0 Å². The molecule has 5 unspecified atom stereocenters. The van der Waals surface area contributed by atoms with E-state index in [4.69, 9.17) is 4.43 Å². The highest BCUT2D eigenvalue weighted by Gasteiger charge is 2.60. The van der Waals surface area contributed by atoms with Crippen LogP contribution in [0.15, 0.2) is 11.8 Å². The lowest BCUT2D eigenvalue weighted by atomic mass is 9.45. The van der Waals surface area contributed by atoms with E-state index < -0.39 is 8.32 Å². The molecule has 3 fully saturated rings. The SMILES string of the molecule is CC[Si](CC)(CC)OC1=CC2CCC3C(CC[C@]4(C)C3CC[C@H]4C(C)O)[C@]2(C)CC1. The number of aliphatic hydroxyl groups excluding tert-OH is 1. The van der Waals surface area contributed by atoms with E-state index in [-0.39, 0.29) is 6.10 Å². The molecular formula is C27H48O2Si. The third-order valence-corrected chi connectivity index (χ3v) is 15.7. The maximum atomic E-state index is 10.5. The first-order valence-electron chi connectivity index (χ1n) is 13.3. The molecule has 0 heterocycles. The van der Waals surface area contributed by atoms with Crippen molar-refractivity contribution in [3.63, 3.8) is 0 Å². The smallest absolute Gasteiger partial charge is 0.250 e. The zero-order valence-corrected chi connectivity index (χ0v) is 21.7. The van der Waals surface area contributed by atoms with Gasteiger partial charge >= 0.3 is 0 Å². The van der Waals surface area contributed by atoms with E-state index >= 15 is 0 Å². The fourth-order valence-corrected chi connectivity index (χ4v) is 11.7. The highest BCUT2D eigenvalue weighted by atomic mass is 28.4. The number of rotatable bonds is 6. The van der Waals surface area contributed by atoms with Crippen LogP contribution in [0.25, 0.3) is 0 Å². The Balaban J connectivity index is 1.53. The minimum absolute atomic E-state index is 0.138. The van der Waals surface area contributed by atoms with E-state index in [1.165, 1.54) is 75.3 Å². The van der Waals surface area contributed by atoms with Crippen LogP contribution in [-0.4, -0.2) is 19.5 Å². The van der Waals surface area contributed by atoms with Crippen molar-refractivity contribution in [1.82, 2.24) is 0 Å². The predicted octanol–water partition coefficient (Wildman–Crippen LogP) is 7.54. The predicted molar refractivity (Wildman–Crippen MR) is 129 cm³/mol. The van der Waals surface area contributed by atoms with Gasteiger partial charge in [-0.3, -0.25) is 0 Å². The summed E-state index contributed by atoms with van der Waals surface area (Å²) in [7, 11) is -1.56. The summed E-state index contributed by atoms with van der Waals surface area (Å²) in [6, 6.07) is 3.73. The summed E-state index contributed by atoms with van der Waals surface area (Å²) in [5.41, 5.74) is 0.848. The Morgan fingerprint density at radius 3 is 2.27 bits per heavy atom. The van der Waals surface area contributed by atoms with Crippen LogP contribution in [0.4, 0.5) is 0 Å². The quantitative estimate of drug-likeness (QED) is 0.439. The van der Waals surface area contributed by atoms with Gasteiger partial charge in [-0.2, -0.15) is 0 Å². The van der Waals surface area contributed by atoms with E-state index in [2.05, 4.69) is 40.7 Å². The normalized spacial score (nSPS) is 44.5. The molecule has 0 amide bonds. The molecule has 3 heteroatoms. The molecule has 0 spiro atoms. The first-order valence-corrected chi connectivity index (χ1v) is 15.8. The summed E-state index contributed by atoms with van der Waals surface area (Å²) < 4.78 is 6.85. The molecule has 3 saturated carbocycles. The molecule has 0 radical (unpaired) electrons. The third-order valence-electron chi connectivity index (χ3n) is 11.2. The first kappa shape index (κ1) is 22.9. The summed E-state index contributed by atoms with van der Waals surface area (Å²) in [6.45, 7) is 14.2. The van der Waals surface area contributed by atoms with Crippen molar-refractivity contribution >= 4 is 8.32 Å². The van der Waals surface area contributed by atoms with E-state index in [1.807, 2.05) is 6.92 Å². The van der Waals surface area contributed by atoms with Crippen LogP contribution in [-0.2, 0) is 4.43 Å². The molecule has 172 valence electrons. The second-order valence-corrected chi connectivity index (χ2v) is 16.7. The van der Waals surface area contributed by atoms with Gasteiger partial charge in [0.25, 0.3) is 0 Å². The van der Waals surface area contributed by atoms with Crippen LogP contribution in [0, 0.1) is 40.4 Å². The van der Waals surface area contributed by atoms with Crippen molar-refractivity contribution in [3.05, 3.63) is 11.8 Å². The zero-order valence-electron chi connectivity index (χ0n) is 20.7. The third kappa shape index (κ3) is 3.45. The summed E-state index contributed by atoms with van der Waals surface area (Å²) in [5, 5.41) is 10.5. The lowest BCUT2D eigenvalue weighted by Crippen LogP contribution is -2.53. The van der Waals surface area contributed by atoms with E-state index in [1.54, 1.807) is 0 Å². The lowest BCUT2D eigenvalue weighted by Gasteiger charge is -2.60. The fraction of sp³-hybridized carbons (Fsp3) is 0.926. The molecule has 0 aromatic rings. The van der Waals surface area contributed by atoms with Crippen LogP contribution in [0.5, 0.6) is 0 Å². The Morgan fingerprint density at radius 1 is 0.967 bits per heavy atom. The monoisotopic (exact) mass is 432 g/mol. The lowest BCUT2D eigenvalue weighted by molar-refractivity contribution is -0.103. The maximum absolute atomic E-state index is 10.5. The van der Waals surface area contributed by atoms with E-state index in [9.17, 15) is 5.11 Å². The van der Waals surface area contributed by atoms with Crippen molar-refractivity contribution in [2.45, 2.75) is 117 Å². The van der Waals surface area contributed by atoms with Crippen molar-refractivity contribution in [2.24, 2.45) is 40.4 Å². The Morgan fingerprint density at radius 2 is 1.63 bits per heavy atom. The van der Waals surface area contributed by atoms with Crippen LogP contribution in [0.2, 0.25) is 18.1 Å². The first-order chi connectivity index (χ1) is 14.2. The minimum Gasteiger partial charge on any atom is -0.547 e. The molecule has 0 saturated heterocycles. The second-order valence-electron chi connectivity index (χ2n) is 12.0. The number of hydrogen-bond donors (Lipinski definition) is 1. The summed E-state index contributed by atoms with van der Waals surface area (Å²) in [5.74, 6) is 5.22.